The van der Waals surface area contributed by atoms with Crippen LogP contribution in [0.5, 0.6) is 0 Å². The highest BCUT2D eigenvalue weighted by atomic mass is 35.5. The fourth-order valence-corrected chi connectivity index (χ4v) is 1.89. The zero-order valence-corrected chi connectivity index (χ0v) is 10.8. The zero-order chi connectivity index (χ0) is 13.0. The molecule has 0 unspecified atom stereocenters. The molecule has 18 heavy (non-hydrogen) atoms. The van der Waals surface area contributed by atoms with Crippen molar-refractivity contribution in [3.8, 4) is 0 Å². The van der Waals surface area contributed by atoms with Crippen LogP contribution >= 0.6 is 11.6 Å². The van der Waals surface area contributed by atoms with Crippen LogP contribution < -0.4 is 5.32 Å². The second-order valence-corrected chi connectivity index (χ2v) is 4.41. The van der Waals surface area contributed by atoms with Crippen LogP contribution in [0.2, 0.25) is 5.02 Å². The monoisotopic (exact) mass is 263 g/mol. The summed E-state index contributed by atoms with van der Waals surface area (Å²) in [6, 6.07) is 11.0. The third-order valence-electron chi connectivity index (χ3n) is 2.60. The molecule has 2 aromatic rings. The molecule has 1 heterocycles. The van der Waals surface area contributed by atoms with Crippen molar-refractivity contribution in [1.82, 2.24) is 5.32 Å². The van der Waals surface area contributed by atoms with Crippen LogP contribution in [0, 0.1) is 6.92 Å². The molecule has 0 bridgehead atoms. The summed E-state index contributed by atoms with van der Waals surface area (Å²) < 4.78 is 5.23. The molecule has 0 saturated heterocycles. The van der Waals surface area contributed by atoms with Crippen LogP contribution in [0.25, 0.3) is 0 Å². The minimum Gasteiger partial charge on any atom is -0.456 e. The van der Waals surface area contributed by atoms with Crippen molar-refractivity contribution < 1.29 is 9.21 Å². The van der Waals surface area contributed by atoms with E-state index < -0.39 is 0 Å². The minimum absolute atomic E-state index is 0.199. The maximum Gasteiger partial charge on any atom is 0.287 e. The first-order chi connectivity index (χ1) is 8.66. The first-order valence-electron chi connectivity index (χ1n) is 5.75. The van der Waals surface area contributed by atoms with E-state index in [0.717, 1.165) is 16.3 Å². The number of carbonyl (C=O) groups is 1. The molecule has 3 nitrogen and oxygen atoms in total. The van der Waals surface area contributed by atoms with Crippen LogP contribution in [-0.4, -0.2) is 12.5 Å². The first-order valence-corrected chi connectivity index (χ1v) is 6.12. The predicted molar refractivity (Wildman–Crippen MR) is 70.9 cm³/mol. The van der Waals surface area contributed by atoms with Gasteiger partial charge in [0.15, 0.2) is 5.76 Å². The molecule has 1 aromatic heterocycles. The molecule has 0 aliphatic carbocycles. The van der Waals surface area contributed by atoms with Gasteiger partial charge in [-0.25, -0.2) is 0 Å². The number of benzene rings is 1. The Morgan fingerprint density at radius 3 is 2.72 bits per heavy atom. The van der Waals surface area contributed by atoms with Gasteiger partial charge in [-0.1, -0.05) is 29.8 Å². The molecule has 0 aliphatic rings. The summed E-state index contributed by atoms with van der Waals surface area (Å²) in [4.78, 5) is 11.7. The minimum atomic E-state index is -0.199. The normalized spacial score (nSPS) is 10.3. The van der Waals surface area contributed by atoms with Gasteiger partial charge in [0.1, 0.15) is 5.76 Å². The van der Waals surface area contributed by atoms with Gasteiger partial charge in [-0.3, -0.25) is 4.79 Å². The van der Waals surface area contributed by atoms with Crippen LogP contribution in [0.4, 0.5) is 0 Å². The van der Waals surface area contributed by atoms with E-state index in [1.54, 1.807) is 19.1 Å². The van der Waals surface area contributed by atoms with Crippen LogP contribution in [0.15, 0.2) is 40.8 Å². The number of carbonyl (C=O) groups excluding carboxylic acids is 1. The molecule has 0 fully saturated rings. The van der Waals surface area contributed by atoms with E-state index >= 15 is 0 Å². The molecule has 1 N–H and O–H groups in total. The van der Waals surface area contributed by atoms with E-state index in [1.807, 2.05) is 24.3 Å². The molecular weight excluding hydrogens is 250 g/mol. The number of hydrogen-bond acceptors (Lipinski definition) is 2. The fourth-order valence-electron chi connectivity index (χ4n) is 1.66. The largest absolute Gasteiger partial charge is 0.456 e. The molecular formula is C14H14ClNO2. The highest BCUT2D eigenvalue weighted by molar-refractivity contribution is 6.31. The average Bonchev–Trinajstić information content (AvgIpc) is 2.78. The summed E-state index contributed by atoms with van der Waals surface area (Å²) in [5, 5.41) is 3.52. The maximum absolute atomic E-state index is 11.7. The lowest BCUT2D eigenvalue weighted by Gasteiger charge is -2.05. The second kappa shape index (κ2) is 5.74. The Kier molecular flexibility index (Phi) is 4.05. The predicted octanol–water partition coefficient (Wildman–Crippen LogP) is 3.21. The molecule has 4 heteroatoms. The van der Waals surface area contributed by atoms with Crippen molar-refractivity contribution in [3.63, 3.8) is 0 Å². The van der Waals surface area contributed by atoms with Crippen molar-refractivity contribution in [2.24, 2.45) is 0 Å². The van der Waals surface area contributed by atoms with Crippen LogP contribution in [-0.2, 0) is 6.42 Å². The van der Waals surface area contributed by atoms with E-state index in [0.29, 0.717) is 18.7 Å². The third kappa shape index (κ3) is 3.14. The Morgan fingerprint density at radius 2 is 2.06 bits per heavy atom. The number of amides is 1. The maximum atomic E-state index is 11.7. The SMILES string of the molecule is Cc1ccc(C(=O)NCCc2ccccc2Cl)o1. The number of nitrogens with one attached hydrogen (secondary N) is 1. The topological polar surface area (TPSA) is 42.2 Å². The Balaban J connectivity index is 1.86. The van der Waals surface area contributed by atoms with E-state index in [-0.39, 0.29) is 5.91 Å². The van der Waals surface area contributed by atoms with Crippen molar-refractivity contribution >= 4 is 17.5 Å². The summed E-state index contributed by atoms with van der Waals surface area (Å²) >= 11 is 6.03. The molecule has 0 aliphatic heterocycles. The lowest BCUT2D eigenvalue weighted by Crippen LogP contribution is -2.25. The van der Waals surface area contributed by atoms with Gasteiger partial charge in [0.25, 0.3) is 5.91 Å². The van der Waals surface area contributed by atoms with Crippen molar-refractivity contribution in [2.45, 2.75) is 13.3 Å². The number of furan rings is 1. The summed E-state index contributed by atoms with van der Waals surface area (Å²) in [6.07, 6.45) is 0.700. The fraction of sp³-hybridized carbons (Fsp3) is 0.214. The molecule has 0 saturated carbocycles. The Labute approximate surface area is 111 Å². The van der Waals surface area contributed by atoms with Crippen molar-refractivity contribution in [1.29, 1.82) is 0 Å². The number of aryl methyl sites for hydroxylation is 1. The molecule has 1 amide bonds. The van der Waals surface area contributed by atoms with Gasteiger partial charge in [0.2, 0.25) is 0 Å². The number of hydrogen-bond donors (Lipinski definition) is 1. The second-order valence-electron chi connectivity index (χ2n) is 4.01. The third-order valence-corrected chi connectivity index (χ3v) is 2.97. The average molecular weight is 264 g/mol. The lowest BCUT2D eigenvalue weighted by molar-refractivity contribution is 0.0925. The van der Waals surface area contributed by atoms with Gasteiger partial charge >= 0.3 is 0 Å². The Bertz CT molecular complexity index is 548. The molecule has 0 radical (unpaired) electrons. The number of rotatable bonds is 4. The molecule has 1 aromatic carbocycles. The first kappa shape index (κ1) is 12.7. The Hall–Kier alpha value is -1.74. The molecule has 94 valence electrons. The van der Waals surface area contributed by atoms with Gasteiger partial charge in [0.05, 0.1) is 0 Å². The highest BCUT2D eigenvalue weighted by Crippen LogP contribution is 2.14. The number of halogens is 1. The molecule has 0 atom stereocenters. The summed E-state index contributed by atoms with van der Waals surface area (Å²) in [7, 11) is 0. The van der Waals surface area contributed by atoms with Gasteiger partial charge in [-0.2, -0.15) is 0 Å². The summed E-state index contributed by atoms with van der Waals surface area (Å²) in [5.41, 5.74) is 1.02. The van der Waals surface area contributed by atoms with Gasteiger partial charge < -0.3 is 9.73 Å². The lowest BCUT2D eigenvalue weighted by atomic mass is 10.1. The van der Waals surface area contributed by atoms with Crippen molar-refractivity contribution in [2.75, 3.05) is 6.54 Å². The quantitative estimate of drug-likeness (QED) is 0.920. The van der Waals surface area contributed by atoms with E-state index in [2.05, 4.69) is 5.32 Å². The summed E-state index contributed by atoms with van der Waals surface area (Å²) in [5.74, 6) is 0.869. The Morgan fingerprint density at radius 1 is 1.28 bits per heavy atom. The highest BCUT2D eigenvalue weighted by Gasteiger charge is 2.09. The van der Waals surface area contributed by atoms with Crippen molar-refractivity contribution in [3.05, 3.63) is 58.5 Å². The smallest absolute Gasteiger partial charge is 0.287 e. The van der Waals surface area contributed by atoms with E-state index in [1.165, 1.54) is 0 Å². The molecule has 2 rings (SSSR count). The zero-order valence-electron chi connectivity index (χ0n) is 10.1. The van der Waals surface area contributed by atoms with Gasteiger partial charge in [-0.15, -0.1) is 0 Å². The van der Waals surface area contributed by atoms with Gasteiger partial charge in [-0.05, 0) is 37.1 Å². The molecule has 0 spiro atoms. The van der Waals surface area contributed by atoms with E-state index in [4.69, 9.17) is 16.0 Å². The van der Waals surface area contributed by atoms with Gasteiger partial charge in [0, 0.05) is 11.6 Å². The van der Waals surface area contributed by atoms with Crippen LogP contribution in [0.3, 0.4) is 0 Å². The van der Waals surface area contributed by atoms with E-state index in [9.17, 15) is 4.79 Å². The standard InChI is InChI=1S/C14H14ClNO2/c1-10-6-7-13(18-10)14(17)16-9-8-11-4-2-3-5-12(11)15/h2-7H,8-9H2,1H3,(H,16,17). The summed E-state index contributed by atoms with van der Waals surface area (Å²) in [6.45, 7) is 2.34. The van der Waals surface area contributed by atoms with Crippen LogP contribution in [0.1, 0.15) is 21.9 Å².